The molecule has 0 unspecified atom stereocenters. The van der Waals surface area contributed by atoms with Crippen LogP contribution in [0.3, 0.4) is 0 Å². The quantitative estimate of drug-likeness (QED) is 0.736. The Hall–Kier alpha value is -1.93. The van der Waals surface area contributed by atoms with E-state index >= 15 is 0 Å². The van der Waals surface area contributed by atoms with Crippen molar-refractivity contribution < 1.29 is 9.47 Å². The molecular weight excluding hydrogens is 320 g/mol. The number of ether oxygens (including phenoxy) is 2. The molecule has 0 N–H and O–H groups in total. The molecular formula is C19H22N2O2S. The Kier molecular flexibility index (Phi) is 5.47. The second kappa shape index (κ2) is 7.76. The highest BCUT2D eigenvalue weighted by Crippen LogP contribution is 2.49. The first-order chi connectivity index (χ1) is 11.8. The van der Waals surface area contributed by atoms with Crippen molar-refractivity contribution in [2.75, 3.05) is 13.7 Å². The molecule has 1 aliphatic carbocycles. The minimum absolute atomic E-state index is 0.399. The number of nitrogens with zero attached hydrogens (tertiary/aromatic N) is 2. The van der Waals surface area contributed by atoms with Crippen LogP contribution in [0.25, 0.3) is 0 Å². The van der Waals surface area contributed by atoms with Gasteiger partial charge in [-0.2, -0.15) is 5.26 Å². The summed E-state index contributed by atoms with van der Waals surface area (Å²) in [6.07, 6.45) is 6.61. The Morgan fingerprint density at radius 2 is 2.17 bits per heavy atom. The first-order valence-electron chi connectivity index (χ1n) is 8.42. The fourth-order valence-corrected chi connectivity index (χ4v) is 4.78. The van der Waals surface area contributed by atoms with E-state index in [1.165, 1.54) is 19.3 Å². The van der Waals surface area contributed by atoms with Crippen LogP contribution < -0.4 is 9.47 Å². The normalized spacial score (nSPS) is 23.2. The number of allylic oxidation sites excluding steroid dienone is 1. The van der Waals surface area contributed by atoms with Crippen LogP contribution >= 0.6 is 11.8 Å². The maximum absolute atomic E-state index is 9.52. The van der Waals surface area contributed by atoms with Crippen molar-refractivity contribution in [3.63, 3.8) is 0 Å². The van der Waals surface area contributed by atoms with Crippen molar-refractivity contribution in [2.45, 2.75) is 37.9 Å². The largest absolute Gasteiger partial charge is 0.493 e. The molecule has 0 saturated heterocycles. The summed E-state index contributed by atoms with van der Waals surface area (Å²) in [5.74, 6) is 1.83. The van der Waals surface area contributed by atoms with Gasteiger partial charge in [-0.3, -0.25) is 0 Å². The number of rotatable bonds is 5. The lowest BCUT2D eigenvalue weighted by Crippen LogP contribution is -2.18. The van der Waals surface area contributed by atoms with E-state index in [1.807, 2.05) is 31.3 Å². The molecule has 0 spiro atoms. The number of hydrogen-bond donors (Lipinski definition) is 0. The summed E-state index contributed by atoms with van der Waals surface area (Å²) in [6.45, 7) is 2.54. The second-order valence-electron chi connectivity index (χ2n) is 5.98. The minimum atomic E-state index is 0.399. The number of nitriles is 1. The van der Waals surface area contributed by atoms with Gasteiger partial charge in [0.15, 0.2) is 11.5 Å². The third-order valence-electron chi connectivity index (χ3n) is 4.51. The summed E-state index contributed by atoms with van der Waals surface area (Å²) in [6, 6.07) is 8.16. The maximum Gasteiger partial charge on any atom is 0.161 e. The van der Waals surface area contributed by atoms with Crippen molar-refractivity contribution in [3.05, 3.63) is 34.4 Å². The van der Waals surface area contributed by atoms with Crippen LogP contribution in [0.2, 0.25) is 0 Å². The van der Waals surface area contributed by atoms with E-state index in [-0.39, 0.29) is 0 Å². The van der Waals surface area contributed by atoms with Crippen LogP contribution in [0.1, 0.15) is 38.2 Å². The van der Waals surface area contributed by atoms with Crippen molar-refractivity contribution in [1.82, 2.24) is 0 Å². The standard InChI is InChI=1S/C19H22N2O2S/c1-3-23-16-9-8-13(10-17(16)22-2)12-21-19-15(11-20)14-6-4-5-7-18(14)24-19/h8-10,12,14,18H,3-7H2,1-2H3/t14-,18+/m1/s1. The molecule has 5 heteroatoms. The van der Waals surface area contributed by atoms with Gasteiger partial charge in [0, 0.05) is 17.4 Å². The number of fused-ring (bicyclic) bond motifs is 1. The van der Waals surface area contributed by atoms with Gasteiger partial charge < -0.3 is 9.47 Å². The predicted octanol–water partition coefficient (Wildman–Crippen LogP) is 4.55. The average molecular weight is 342 g/mol. The van der Waals surface area contributed by atoms with Gasteiger partial charge in [-0.15, -0.1) is 11.8 Å². The van der Waals surface area contributed by atoms with E-state index in [0.717, 1.165) is 28.3 Å². The molecule has 1 aromatic rings. The topological polar surface area (TPSA) is 54.6 Å². The Morgan fingerprint density at radius 3 is 2.92 bits per heavy atom. The van der Waals surface area contributed by atoms with Crippen LogP contribution in [0, 0.1) is 17.2 Å². The minimum Gasteiger partial charge on any atom is -0.493 e. The van der Waals surface area contributed by atoms with Crippen molar-refractivity contribution in [1.29, 1.82) is 5.26 Å². The Morgan fingerprint density at radius 1 is 1.33 bits per heavy atom. The van der Waals surface area contributed by atoms with E-state index in [4.69, 9.17) is 9.47 Å². The van der Waals surface area contributed by atoms with E-state index in [0.29, 0.717) is 23.5 Å². The lowest BCUT2D eigenvalue weighted by Gasteiger charge is -2.24. The molecule has 0 bridgehead atoms. The van der Waals surface area contributed by atoms with E-state index < -0.39 is 0 Å². The fraction of sp³-hybridized carbons (Fsp3) is 0.474. The smallest absolute Gasteiger partial charge is 0.161 e. The van der Waals surface area contributed by atoms with Gasteiger partial charge in [0.1, 0.15) is 5.03 Å². The van der Waals surface area contributed by atoms with Gasteiger partial charge >= 0.3 is 0 Å². The number of thioether (sulfide) groups is 1. The molecule has 1 saturated carbocycles. The Balaban J connectivity index is 1.81. The zero-order valence-corrected chi connectivity index (χ0v) is 14.9. The molecule has 2 aliphatic rings. The van der Waals surface area contributed by atoms with E-state index in [2.05, 4.69) is 11.1 Å². The molecule has 1 aromatic carbocycles. The molecule has 3 rings (SSSR count). The Labute approximate surface area is 147 Å². The monoisotopic (exact) mass is 342 g/mol. The highest BCUT2D eigenvalue weighted by molar-refractivity contribution is 8.04. The average Bonchev–Trinajstić information content (AvgIpc) is 2.98. The molecule has 0 amide bonds. The summed E-state index contributed by atoms with van der Waals surface area (Å²) in [7, 11) is 1.63. The van der Waals surface area contributed by atoms with Gasteiger partial charge in [-0.1, -0.05) is 12.8 Å². The summed E-state index contributed by atoms with van der Waals surface area (Å²) in [5, 5.41) is 10.9. The van der Waals surface area contributed by atoms with Crippen LogP contribution in [-0.2, 0) is 0 Å². The molecule has 1 aliphatic heterocycles. The lowest BCUT2D eigenvalue weighted by atomic mass is 9.84. The first kappa shape index (κ1) is 16.9. The zero-order valence-electron chi connectivity index (χ0n) is 14.1. The molecule has 0 aromatic heterocycles. The lowest BCUT2D eigenvalue weighted by molar-refractivity contribution is 0.311. The highest BCUT2D eigenvalue weighted by atomic mass is 32.2. The number of methoxy groups -OCH3 is 1. The van der Waals surface area contributed by atoms with Gasteiger partial charge in [-0.25, -0.2) is 4.99 Å². The molecule has 1 heterocycles. The zero-order chi connectivity index (χ0) is 16.9. The summed E-state index contributed by atoms with van der Waals surface area (Å²) in [4.78, 5) is 4.62. The number of hydrogen-bond acceptors (Lipinski definition) is 5. The van der Waals surface area contributed by atoms with Crippen LogP contribution in [-0.4, -0.2) is 25.2 Å². The van der Waals surface area contributed by atoms with Gasteiger partial charge in [0.05, 0.1) is 25.4 Å². The van der Waals surface area contributed by atoms with Gasteiger partial charge in [0.2, 0.25) is 0 Å². The van der Waals surface area contributed by atoms with Crippen molar-refractivity contribution in [2.24, 2.45) is 10.9 Å². The summed E-state index contributed by atoms with van der Waals surface area (Å²) in [5.41, 5.74) is 1.81. The summed E-state index contributed by atoms with van der Waals surface area (Å²) >= 11 is 1.77. The highest BCUT2D eigenvalue weighted by Gasteiger charge is 2.37. The predicted molar refractivity (Wildman–Crippen MR) is 97.7 cm³/mol. The van der Waals surface area contributed by atoms with Crippen LogP contribution in [0.15, 0.2) is 33.8 Å². The molecule has 1 fully saturated rings. The fourth-order valence-electron chi connectivity index (χ4n) is 3.34. The Bertz CT molecular complexity index is 706. The molecule has 0 radical (unpaired) electrons. The number of aliphatic imine (C=N–C) groups is 1. The molecule has 2 atom stereocenters. The molecule has 24 heavy (non-hydrogen) atoms. The summed E-state index contributed by atoms with van der Waals surface area (Å²) < 4.78 is 10.9. The van der Waals surface area contributed by atoms with Crippen LogP contribution in [0.5, 0.6) is 11.5 Å². The molecule has 4 nitrogen and oxygen atoms in total. The number of benzene rings is 1. The maximum atomic E-state index is 9.52. The SMILES string of the molecule is CCOc1ccc(C=NC2=C(C#N)[C@H]3CCCC[C@@H]3S2)cc1OC. The second-order valence-corrected chi connectivity index (χ2v) is 7.21. The van der Waals surface area contributed by atoms with Crippen molar-refractivity contribution in [3.8, 4) is 17.6 Å². The van der Waals surface area contributed by atoms with Gasteiger partial charge in [0.25, 0.3) is 0 Å². The van der Waals surface area contributed by atoms with E-state index in [1.54, 1.807) is 18.9 Å². The van der Waals surface area contributed by atoms with Gasteiger partial charge in [-0.05, 0) is 43.5 Å². The third kappa shape index (κ3) is 3.44. The first-order valence-corrected chi connectivity index (χ1v) is 9.30. The third-order valence-corrected chi connectivity index (χ3v) is 5.92. The van der Waals surface area contributed by atoms with Crippen LogP contribution in [0.4, 0.5) is 0 Å². The molecule has 126 valence electrons. The van der Waals surface area contributed by atoms with E-state index in [9.17, 15) is 5.26 Å². The van der Waals surface area contributed by atoms with Crippen molar-refractivity contribution >= 4 is 18.0 Å².